The Labute approximate surface area is 101 Å². The lowest BCUT2D eigenvalue weighted by atomic mass is 10.1. The van der Waals surface area contributed by atoms with Gasteiger partial charge in [-0.3, -0.25) is 4.79 Å². The molecule has 2 heterocycles. The summed E-state index contributed by atoms with van der Waals surface area (Å²) in [7, 11) is 0. The van der Waals surface area contributed by atoms with Crippen LogP contribution in [0.25, 0.3) is 0 Å². The van der Waals surface area contributed by atoms with Crippen molar-refractivity contribution in [3.8, 4) is 0 Å². The highest BCUT2D eigenvalue weighted by Crippen LogP contribution is 2.20. The molecule has 1 unspecified atom stereocenters. The minimum atomic E-state index is -0.427. The van der Waals surface area contributed by atoms with Gasteiger partial charge < -0.3 is 16.4 Å². The van der Waals surface area contributed by atoms with E-state index in [0.29, 0.717) is 17.4 Å². The van der Waals surface area contributed by atoms with Gasteiger partial charge in [-0.15, -0.1) is 0 Å². The van der Waals surface area contributed by atoms with E-state index in [9.17, 15) is 4.79 Å². The van der Waals surface area contributed by atoms with Crippen LogP contribution in [0, 0.1) is 13.8 Å². The molecule has 0 bridgehead atoms. The number of aromatic nitrogens is 1. The summed E-state index contributed by atoms with van der Waals surface area (Å²) in [5.74, 6) is 0.187. The number of amides is 1. The van der Waals surface area contributed by atoms with E-state index in [1.54, 1.807) is 0 Å². The van der Waals surface area contributed by atoms with E-state index < -0.39 is 5.91 Å². The molecule has 1 aliphatic rings. The van der Waals surface area contributed by atoms with Gasteiger partial charge in [-0.2, -0.15) is 0 Å². The van der Waals surface area contributed by atoms with Crippen molar-refractivity contribution in [3.05, 3.63) is 22.9 Å². The van der Waals surface area contributed by atoms with Crippen molar-refractivity contribution in [3.63, 3.8) is 0 Å². The van der Waals surface area contributed by atoms with Crippen molar-refractivity contribution in [2.75, 3.05) is 18.4 Å². The Morgan fingerprint density at radius 2 is 2.35 bits per heavy atom. The number of nitrogens with two attached hydrogens (primary N) is 1. The van der Waals surface area contributed by atoms with Crippen LogP contribution in [0.5, 0.6) is 0 Å². The number of primary amides is 1. The fraction of sp³-hybridized carbons (Fsp3) is 0.500. The Morgan fingerprint density at radius 1 is 1.59 bits per heavy atom. The quantitative estimate of drug-likeness (QED) is 0.714. The summed E-state index contributed by atoms with van der Waals surface area (Å²) in [4.78, 5) is 15.8. The van der Waals surface area contributed by atoms with Gasteiger partial charge in [0, 0.05) is 18.3 Å². The van der Waals surface area contributed by atoms with Crippen LogP contribution in [-0.4, -0.2) is 30.0 Å². The first-order chi connectivity index (χ1) is 8.08. The molecule has 17 heavy (non-hydrogen) atoms. The maximum Gasteiger partial charge on any atom is 0.252 e. The number of carbonyl (C=O) groups excluding carboxylic acids is 1. The van der Waals surface area contributed by atoms with Gasteiger partial charge in [-0.1, -0.05) is 0 Å². The predicted molar refractivity (Wildman–Crippen MR) is 67.1 cm³/mol. The molecule has 5 heteroatoms. The van der Waals surface area contributed by atoms with Crippen LogP contribution >= 0.6 is 0 Å². The number of carbonyl (C=O) groups is 1. The van der Waals surface area contributed by atoms with Crippen LogP contribution in [0.15, 0.2) is 6.07 Å². The minimum Gasteiger partial charge on any atom is -0.365 e. The number of anilines is 1. The second kappa shape index (κ2) is 4.71. The maximum absolute atomic E-state index is 11.5. The molecule has 1 aliphatic heterocycles. The van der Waals surface area contributed by atoms with E-state index in [2.05, 4.69) is 15.6 Å². The highest BCUT2D eigenvalue weighted by atomic mass is 16.1. The second-order valence-electron chi connectivity index (χ2n) is 4.50. The van der Waals surface area contributed by atoms with Crippen LogP contribution in [0.4, 0.5) is 5.82 Å². The standard InChI is InChI=1S/C12H18N4O/c1-7-5-8(2)15-12(10(7)11(13)17)16-9-3-4-14-6-9/h5,9,14H,3-4,6H2,1-2H3,(H2,13,17)(H,15,16). The molecule has 1 amide bonds. The number of rotatable bonds is 3. The summed E-state index contributed by atoms with van der Waals surface area (Å²) in [6.07, 6.45) is 1.03. The van der Waals surface area contributed by atoms with Gasteiger partial charge in [-0.25, -0.2) is 4.98 Å². The zero-order chi connectivity index (χ0) is 12.4. The Kier molecular flexibility index (Phi) is 3.28. The molecule has 1 fully saturated rings. The fourth-order valence-corrected chi connectivity index (χ4v) is 2.22. The molecular formula is C12H18N4O. The van der Waals surface area contributed by atoms with Crippen LogP contribution in [-0.2, 0) is 0 Å². The molecule has 0 aliphatic carbocycles. The van der Waals surface area contributed by atoms with Crippen molar-refractivity contribution in [2.24, 2.45) is 5.73 Å². The molecule has 1 atom stereocenters. The van der Waals surface area contributed by atoms with Gasteiger partial charge in [0.05, 0.1) is 5.56 Å². The van der Waals surface area contributed by atoms with E-state index in [-0.39, 0.29) is 0 Å². The first kappa shape index (κ1) is 11.9. The molecule has 4 N–H and O–H groups in total. The lowest BCUT2D eigenvalue weighted by molar-refractivity contribution is 0.1000. The van der Waals surface area contributed by atoms with Gasteiger partial charge in [0.1, 0.15) is 5.82 Å². The largest absolute Gasteiger partial charge is 0.365 e. The number of hydrogen-bond donors (Lipinski definition) is 3. The summed E-state index contributed by atoms with van der Waals surface area (Å²) >= 11 is 0. The lowest BCUT2D eigenvalue weighted by Gasteiger charge is -2.16. The smallest absolute Gasteiger partial charge is 0.252 e. The average molecular weight is 234 g/mol. The van der Waals surface area contributed by atoms with Crippen LogP contribution in [0.2, 0.25) is 0 Å². The zero-order valence-corrected chi connectivity index (χ0v) is 10.2. The molecule has 0 radical (unpaired) electrons. The molecule has 92 valence electrons. The highest BCUT2D eigenvalue weighted by molar-refractivity contribution is 5.99. The van der Waals surface area contributed by atoms with Gasteiger partial charge in [-0.05, 0) is 38.4 Å². The van der Waals surface area contributed by atoms with Gasteiger partial charge in [0.25, 0.3) is 5.91 Å². The summed E-state index contributed by atoms with van der Waals surface area (Å²) in [6, 6.07) is 2.19. The lowest BCUT2D eigenvalue weighted by Crippen LogP contribution is -2.26. The number of nitrogens with one attached hydrogen (secondary N) is 2. The predicted octanol–water partition coefficient (Wildman–Crippen LogP) is 0.571. The van der Waals surface area contributed by atoms with Crippen molar-refractivity contribution in [1.82, 2.24) is 10.3 Å². The highest BCUT2D eigenvalue weighted by Gasteiger charge is 2.19. The monoisotopic (exact) mass is 234 g/mol. The van der Waals surface area contributed by atoms with Crippen LogP contribution in [0.1, 0.15) is 28.0 Å². The first-order valence-electron chi connectivity index (χ1n) is 5.83. The fourth-order valence-electron chi connectivity index (χ4n) is 2.22. The van der Waals surface area contributed by atoms with E-state index in [4.69, 9.17) is 5.73 Å². The molecule has 0 aromatic carbocycles. The Morgan fingerprint density at radius 3 is 2.94 bits per heavy atom. The maximum atomic E-state index is 11.5. The van der Waals surface area contributed by atoms with E-state index in [0.717, 1.165) is 30.8 Å². The third-order valence-corrected chi connectivity index (χ3v) is 2.99. The molecule has 1 saturated heterocycles. The number of pyridine rings is 1. The Bertz CT molecular complexity index is 438. The Hall–Kier alpha value is -1.62. The molecule has 1 aromatic heterocycles. The third-order valence-electron chi connectivity index (χ3n) is 2.99. The zero-order valence-electron chi connectivity index (χ0n) is 10.2. The SMILES string of the molecule is Cc1cc(C)c(C(N)=O)c(NC2CCNC2)n1. The topological polar surface area (TPSA) is 80.0 Å². The van der Waals surface area contributed by atoms with Crippen LogP contribution in [0.3, 0.4) is 0 Å². The van der Waals surface area contributed by atoms with Gasteiger partial charge >= 0.3 is 0 Å². The van der Waals surface area contributed by atoms with Gasteiger partial charge in [0.15, 0.2) is 0 Å². The van der Waals surface area contributed by atoms with Crippen molar-refractivity contribution < 1.29 is 4.79 Å². The Balaban J connectivity index is 2.32. The third kappa shape index (κ3) is 2.55. The summed E-state index contributed by atoms with van der Waals surface area (Å²) < 4.78 is 0. The van der Waals surface area contributed by atoms with Crippen molar-refractivity contribution >= 4 is 11.7 Å². The molecule has 0 saturated carbocycles. The normalized spacial score (nSPS) is 19.3. The molecular weight excluding hydrogens is 216 g/mol. The van der Waals surface area contributed by atoms with E-state index in [1.165, 1.54) is 0 Å². The van der Waals surface area contributed by atoms with E-state index >= 15 is 0 Å². The summed E-state index contributed by atoms with van der Waals surface area (Å²) in [5, 5.41) is 6.56. The molecule has 1 aromatic rings. The number of aryl methyl sites for hydroxylation is 2. The summed E-state index contributed by atoms with van der Waals surface area (Å²) in [5.41, 5.74) is 7.67. The second-order valence-corrected chi connectivity index (χ2v) is 4.50. The average Bonchev–Trinajstić information content (AvgIpc) is 2.68. The molecule has 5 nitrogen and oxygen atoms in total. The summed E-state index contributed by atoms with van der Waals surface area (Å²) in [6.45, 7) is 5.68. The van der Waals surface area contributed by atoms with E-state index in [1.807, 2.05) is 19.9 Å². The first-order valence-corrected chi connectivity index (χ1v) is 5.83. The number of nitrogens with zero attached hydrogens (tertiary/aromatic N) is 1. The van der Waals surface area contributed by atoms with Crippen molar-refractivity contribution in [1.29, 1.82) is 0 Å². The van der Waals surface area contributed by atoms with Gasteiger partial charge in [0.2, 0.25) is 0 Å². The molecule has 2 rings (SSSR count). The van der Waals surface area contributed by atoms with Crippen molar-refractivity contribution in [2.45, 2.75) is 26.3 Å². The minimum absolute atomic E-state index is 0.321. The van der Waals surface area contributed by atoms with Crippen LogP contribution < -0.4 is 16.4 Å². The number of hydrogen-bond acceptors (Lipinski definition) is 4. The molecule has 0 spiro atoms.